The number of hydrogen-bond donors (Lipinski definition) is 0. The van der Waals surface area contributed by atoms with Crippen molar-refractivity contribution < 1.29 is 0 Å². The second-order valence-corrected chi connectivity index (χ2v) is 4.99. The predicted molar refractivity (Wildman–Crippen MR) is 84.7 cm³/mol. The molecule has 0 aliphatic carbocycles. The van der Waals surface area contributed by atoms with Gasteiger partial charge in [-0.3, -0.25) is 0 Å². The van der Waals surface area contributed by atoms with E-state index in [-0.39, 0.29) is 0 Å². The first kappa shape index (κ1) is 16.4. The van der Waals surface area contributed by atoms with Crippen LogP contribution < -0.4 is 0 Å². The van der Waals surface area contributed by atoms with E-state index in [4.69, 9.17) is 0 Å². The third-order valence-corrected chi connectivity index (χ3v) is 2.32. The second-order valence-electron chi connectivity index (χ2n) is 4.99. The van der Waals surface area contributed by atoms with Gasteiger partial charge in [-0.25, -0.2) is 0 Å². The first-order valence-electron chi connectivity index (χ1n) is 6.47. The van der Waals surface area contributed by atoms with Crippen LogP contribution in [0.25, 0.3) is 6.08 Å². The lowest BCUT2D eigenvalue weighted by Crippen LogP contribution is -1.80. The third-order valence-electron chi connectivity index (χ3n) is 2.32. The van der Waals surface area contributed by atoms with E-state index < -0.39 is 0 Å². The Balaban J connectivity index is 0.000000321. The van der Waals surface area contributed by atoms with Gasteiger partial charge in [-0.2, -0.15) is 0 Å². The SMILES string of the molecule is C=C(C)C=CCC(C)C.C=Cc1ccc(C)cc1. The van der Waals surface area contributed by atoms with E-state index >= 15 is 0 Å². The number of hydrogen-bond acceptors (Lipinski definition) is 0. The Hall–Kier alpha value is -1.56. The topological polar surface area (TPSA) is 0 Å². The highest BCUT2D eigenvalue weighted by Crippen LogP contribution is 2.03. The molecule has 0 aliphatic rings. The average Bonchev–Trinajstić information content (AvgIpc) is 2.30. The summed E-state index contributed by atoms with van der Waals surface area (Å²) in [7, 11) is 0. The standard InChI is InChI=1S/C9H10.C9H16/c1-3-9-6-4-8(2)5-7-9;1-8(2)6-5-7-9(3)4/h3-7H,1H2,2H3;5-6,9H,1,7H2,2-4H3. The molecule has 0 aromatic heterocycles. The number of rotatable bonds is 4. The van der Waals surface area contributed by atoms with Crippen molar-refractivity contribution in [3.63, 3.8) is 0 Å². The van der Waals surface area contributed by atoms with Crippen LogP contribution in [0.3, 0.4) is 0 Å². The Morgan fingerprint density at radius 2 is 1.78 bits per heavy atom. The van der Waals surface area contributed by atoms with Crippen molar-refractivity contribution in [1.29, 1.82) is 0 Å². The minimum Gasteiger partial charge on any atom is -0.0985 e. The lowest BCUT2D eigenvalue weighted by atomic mass is 10.1. The Morgan fingerprint density at radius 1 is 1.22 bits per heavy atom. The van der Waals surface area contributed by atoms with E-state index in [1.165, 1.54) is 11.1 Å². The number of benzene rings is 1. The van der Waals surface area contributed by atoms with Gasteiger partial charge in [-0.1, -0.05) is 80.6 Å². The molecule has 0 spiro atoms. The first-order chi connectivity index (χ1) is 8.45. The summed E-state index contributed by atoms with van der Waals surface area (Å²) in [6, 6.07) is 8.28. The summed E-state index contributed by atoms with van der Waals surface area (Å²) in [6.07, 6.45) is 7.25. The van der Waals surface area contributed by atoms with Crippen molar-refractivity contribution in [2.45, 2.75) is 34.1 Å². The molecule has 98 valence electrons. The van der Waals surface area contributed by atoms with Crippen molar-refractivity contribution in [2.24, 2.45) is 5.92 Å². The zero-order valence-corrected chi connectivity index (χ0v) is 12.2. The Labute approximate surface area is 113 Å². The number of aryl methyl sites for hydroxylation is 1. The molecular weight excluding hydrogens is 216 g/mol. The lowest BCUT2D eigenvalue weighted by Gasteiger charge is -1.95. The highest BCUT2D eigenvalue weighted by molar-refractivity contribution is 5.46. The van der Waals surface area contributed by atoms with Gasteiger partial charge in [0.1, 0.15) is 0 Å². The number of allylic oxidation sites excluding steroid dienone is 3. The fourth-order valence-electron chi connectivity index (χ4n) is 1.24. The van der Waals surface area contributed by atoms with Crippen LogP contribution in [0.5, 0.6) is 0 Å². The molecule has 0 fully saturated rings. The Kier molecular flexibility index (Phi) is 8.65. The van der Waals surface area contributed by atoms with Crippen LogP contribution in [0.1, 0.15) is 38.3 Å². The third kappa shape index (κ3) is 9.65. The van der Waals surface area contributed by atoms with Gasteiger partial charge in [0.25, 0.3) is 0 Å². The van der Waals surface area contributed by atoms with Crippen LogP contribution in [-0.4, -0.2) is 0 Å². The minimum absolute atomic E-state index is 0.764. The average molecular weight is 242 g/mol. The van der Waals surface area contributed by atoms with Crippen molar-refractivity contribution in [2.75, 3.05) is 0 Å². The molecule has 0 heterocycles. The van der Waals surface area contributed by atoms with E-state index in [0.29, 0.717) is 0 Å². The van der Waals surface area contributed by atoms with E-state index in [9.17, 15) is 0 Å². The molecule has 0 saturated heterocycles. The normalized spacial score (nSPS) is 10.1. The van der Waals surface area contributed by atoms with E-state index in [1.807, 2.05) is 13.0 Å². The van der Waals surface area contributed by atoms with Crippen LogP contribution in [0, 0.1) is 12.8 Å². The molecule has 0 saturated carbocycles. The van der Waals surface area contributed by atoms with Crippen LogP contribution in [0.2, 0.25) is 0 Å². The van der Waals surface area contributed by atoms with Gasteiger partial charge in [-0.15, -0.1) is 0 Å². The second kappa shape index (κ2) is 9.47. The molecule has 0 N–H and O–H groups in total. The summed E-state index contributed by atoms with van der Waals surface area (Å²) in [5, 5.41) is 0. The largest absolute Gasteiger partial charge is 0.0985 e. The molecule has 0 bridgehead atoms. The fourth-order valence-corrected chi connectivity index (χ4v) is 1.24. The van der Waals surface area contributed by atoms with Gasteiger partial charge in [-0.05, 0) is 31.7 Å². The quantitative estimate of drug-likeness (QED) is 0.585. The Morgan fingerprint density at radius 3 is 2.17 bits per heavy atom. The highest BCUT2D eigenvalue weighted by Gasteiger charge is 1.85. The molecule has 0 atom stereocenters. The summed E-state index contributed by atoms with van der Waals surface area (Å²) < 4.78 is 0. The zero-order valence-electron chi connectivity index (χ0n) is 12.2. The smallest absolute Gasteiger partial charge is 0.0262 e. The van der Waals surface area contributed by atoms with E-state index in [1.54, 1.807) is 0 Å². The molecule has 0 amide bonds. The summed E-state index contributed by atoms with van der Waals surface area (Å²) in [5.41, 5.74) is 3.61. The fraction of sp³-hybridized carbons (Fsp3) is 0.333. The van der Waals surface area contributed by atoms with Crippen LogP contribution in [0.4, 0.5) is 0 Å². The summed E-state index contributed by atoms with van der Waals surface area (Å²) in [6.45, 7) is 15.9. The van der Waals surface area contributed by atoms with Gasteiger partial charge in [0.2, 0.25) is 0 Å². The van der Waals surface area contributed by atoms with E-state index in [0.717, 1.165) is 17.9 Å². The summed E-state index contributed by atoms with van der Waals surface area (Å²) in [5.74, 6) is 0.764. The minimum atomic E-state index is 0.764. The molecular formula is C18H26. The van der Waals surface area contributed by atoms with Gasteiger partial charge < -0.3 is 0 Å². The van der Waals surface area contributed by atoms with Gasteiger partial charge in [0, 0.05) is 0 Å². The molecule has 18 heavy (non-hydrogen) atoms. The van der Waals surface area contributed by atoms with E-state index in [2.05, 4.69) is 70.3 Å². The summed E-state index contributed by atoms with van der Waals surface area (Å²) >= 11 is 0. The first-order valence-corrected chi connectivity index (χ1v) is 6.47. The van der Waals surface area contributed by atoms with Crippen LogP contribution in [-0.2, 0) is 0 Å². The molecule has 1 rings (SSSR count). The lowest BCUT2D eigenvalue weighted by molar-refractivity contribution is 0.663. The monoisotopic (exact) mass is 242 g/mol. The Bertz CT molecular complexity index is 377. The molecule has 0 radical (unpaired) electrons. The van der Waals surface area contributed by atoms with Crippen molar-refractivity contribution in [3.05, 3.63) is 66.3 Å². The zero-order chi connectivity index (χ0) is 14.0. The van der Waals surface area contributed by atoms with Crippen molar-refractivity contribution in [1.82, 2.24) is 0 Å². The van der Waals surface area contributed by atoms with Crippen LogP contribution in [0.15, 0.2) is 55.1 Å². The molecule has 1 aromatic rings. The summed E-state index contributed by atoms with van der Waals surface area (Å²) in [4.78, 5) is 0. The molecule has 0 heteroatoms. The molecule has 0 aliphatic heterocycles. The van der Waals surface area contributed by atoms with Gasteiger partial charge >= 0.3 is 0 Å². The molecule has 1 aromatic carbocycles. The maximum Gasteiger partial charge on any atom is -0.0262 e. The van der Waals surface area contributed by atoms with Crippen molar-refractivity contribution in [3.8, 4) is 0 Å². The molecule has 0 unspecified atom stereocenters. The van der Waals surface area contributed by atoms with Crippen LogP contribution >= 0.6 is 0 Å². The molecule has 0 nitrogen and oxygen atoms in total. The highest BCUT2D eigenvalue weighted by atomic mass is 13.9. The maximum absolute atomic E-state index is 3.77. The van der Waals surface area contributed by atoms with Crippen molar-refractivity contribution >= 4 is 6.08 Å². The predicted octanol–water partition coefficient (Wildman–Crippen LogP) is 5.80. The van der Waals surface area contributed by atoms with Gasteiger partial charge in [0.05, 0.1) is 0 Å². The maximum atomic E-state index is 3.77. The van der Waals surface area contributed by atoms with Gasteiger partial charge in [0.15, 0.2) is 0 Å².